The van der Waals surface area contributed by atoms with Gasteiger partial charge >= 0.3 is 0 Å². The molecular weight excluding hydrogens is 274 g/mol. The molecule has 1 amide bonds. The number of hydrogen-bond donors (Lipinski definition) is 0. The molecule has 118 valence electrons. The fraction of sp³-hybridized carbons (Fsp3) is 0.556. The summed E-state index contributed by atoms with van der Waals surface area (Å²) in [6.45, 7) is 7.56. The summed E-state index contributed by atoms with van der Waals surface area (Å²) >= 11 is 0. The van der Waals surface area contributed by atoms with Crippen molar-refractivity contribution >= 4 is 11.7 Å². The molecule has 3 heterocycles. The first-order valence-corrected chi connectivity index (χ1v) is 8.41. The van der Waals surface area contributed by atoms with Crippen molar-refractivity contribution in [3.05, 3.63) is 36.5 Å². The predicted molar refractivity (Wildman–Crippen MR) is 89.1 cm³/mol. The molecule has 0 aliphatic carbocycles. The number of piperidine rings is 2. The summed E-state index contributed by atoms with van der Waals surface area (Å²) in [7, 11) is 0. The lowest BCUT2D eigenvalue weighted by atomic mass is 9.97. The summed E-state index contributed by atoms with van der Waals surface area (Å²) in [5.74, 6) is 1.61. The number of amides is 1. The van der Waals surface area contributed by atoms with Crippen molar-refractivity contribution < 1.29 is 4.79 Å². The van der Waals surface area contributed by atoms with Crippen LogP contribution in [0.25, 0.3) is 0 Å². The summed E-state index contributed by atoms with van der Waals surface area (Å²) in [5.41, 5.74) is 0.765. The number of anilines is 1. The van der Waals surface area contributed by atoms with E-state index in [9.17, 15) is 4.79 Å². The van der Waals surface area contributed by atoms with E-state index in [0.29, 0.717) is 5.92 Å². The number of nitrogens with zero attached hydrogens (tertiary/aromatic N) is 3. The molecule has 0 atom stereocenters. The maximum absolute atomic E-state index is 12.8. The van der Waals surface area contributed by atoms with E-state index in [1.54, 1.807) is 6.20 Å². The highest BCUT2D eigenvalue weighted by Crippen LogP contribution is 2.26. The van der Waals surface area contributed by atoms with Crippen molar-refractivity contribution in [2.24, 2.45) is 5.92 Å². The van der Waals surface area contributed by atoms with Crippen LogP contribution in [0.3, 0.4) is 0 Å². The van der Waals surface area contributed by atoms with Crippen LogP contribution >= 0.6 is 0 Å². The van der Waals surface area contributed by atoms with Crippen LogP contribution < -0.4 is 4.90 Å². The lowest BCUT2D eigenvalue weighted by Crippen LogP contribution is -2.39. The Morgan fingerprint density at radius 3 is 2.59 bits per heavy atom. The Kier molecular flexibility index (Phi) is 4.76. The van der Waals surface area contributed by atoms with Crippen LogP contribution in [-0.4, -0.2) is 42.0 Å². The minimum atomic E-state index is 0.147. The standard InChI is InChI=1S/C18H25N3O/c1-2-15-8-13-20(14-9-15)17-16(7-6-10-19-17)18(22)21-11-4-3-5-12-21/h2,6-7,10,15H,1,3-5,8-9,11-14H2. The van der Waals surface area contributed by atoms with Crippen molar-refractivity contribution in [2.75, 3.05) is 31.1 Å². The van der Waals surface area contributed by atoms with Crippen LogP contribution in [0, 0.1) is 5.92 Å². The maximum Gasteiger partial charge on any atom is 0.257 e. The molecule has 2 aliphatic rings. The number of likely N-dealkylation sites (tertiary alicyclic amines) is 1. The predicted octanol–water partition coefficient (Wildman–Crippen LogP) is 3.11. The molecule has 4 nitrogen and oxygen atoms in total. The third-order valence-corrected chi connectivity index (χ3v) is 4.83. The van der Waals surface area contributed by atoms with Crippen LogP contribution in [0.1, 0.15) is 42.5 Å². The highest BCUT2D eigenvalue weighted by molar-refractivity contribution is 5.99. The zero-order chi connectivity index (χ0) is 15.4. The fourth-order valence-corrected chi connectivity index (χ4v) is 3.43. The Labute approximate surface area is 132 Å². The van der Waals surface area contributed by atoms with Crippen molar-refractivity contribution in [1.82, 2.24) is 9.88 Å². The molecule has 1 aromatic heterocycles. The number of hydrogen-bond acceptors (Lipinski definition) is 3. The lowest BCUT2D eigenvalue weighted by Gasteiger charge is -2.33. The maximum atomic E-state index is 12.8. The van der Waals surface area contributed by atoms with Crippen LogP contribution in [0.15, 0.2) is 31.0 Å². The first-order valence-electron chi connectivity index (χ1n) is 8.41. The molecular formula is C18H25N3O. The molecule has 2 aliphatic heterocycles. The summed E-state index contributed by atoms with van der Waals surface area (Å²) in [6, 6.07) is 3.80. The van der Waals surface area contributed by atoms with E-state index in [4.69, 9.17) is 0 Å². The lowest BCUT2D eigenvalue weighted by molar-refractivity contribution is 0.0724. The molecule has 3 rings (SSSR count). The van der Waals surface area contributed by atoms with Gasteiger partial charge in [-0.1, -0.05) is 6.08 Å². The second-order valence-corrected chi connectivity index (χ2v) is 6.29. The molecule has 2 saturated heterocycles. The van der Waals surface area contributed by atoms with Gasteiger partial charge in [0.2, 0.25) is 0 Å². The third-order valence-electron chi connectivity index (χ3n) is 4.83. The van der Waals surface area contributed by atoms with Gasteiger partial charge in [0.25, 0.3) is 5.91 Å². The Bertz CT molecular complexity index is 529. The SMILES string of the molecule is C=CC1CCN(c2ncccc2C(=O)N2CCCCC2)CC1. The normalized spacial score (nSPS) is 20.0. The number of aromatic nitrogens is 1. The summed E-state index contributed by atoms with van der Waals surface area (Å²) in [4.78, 5) is 21.6. The van der Waals surface area contributed by atoms with Gasteiger partial charge in [0, 0.05) is 32.4 Å². The first-order chi connectivity index (χ1) is 10.8. The highest BCUT2D eigenvalue weighted by atomic mass is 16.2. The van der Waals surface area contributed by atoms with Crippen molar-refractivity contribution in [3.63, 3.8) is 0 Å². The number of carbonyl (C=O) groups excluding carboxylic acids is 1. The van der Waals surface area contributed by atoms with Crippen LogP contribution in [0.5, 0.6) is 0 Å². The van der Waals surface area contributed by atoms with Crippen molar-refractivity contribution in [3.8, 4) is 0 Å². The molecule has 1 aromatic rings. The van der Waals surface area contributed by atoms with Gasteiger partial charge in [-0.15, -0.1) is 6.58 Å². The Morgan fingerprint density at radius 2 is 1.91 bits per heavy atom. The molecule has 0 saturated carbocycles. The fourth-order valence-electron chi connectivity index (χ4n) is 3.43. The van der Waals surface area contributed by atoms with Gasteiger partial charge in [-0.2, -0.15) is 0 Å². The minimum absolute atomic E-state index is 0.147. The second-order valence-electron chi connectivity index (χ2n) is 6.29. The molecule has 0 aromatic carbocycles. The monoisotopic (exact) mass is 299 g/mol. The van der Waals surface area contributed by atoms with Crippen LogP contribution in [0.4, 0.5) is 5.82 Å². The van der Waals surface area contributed by atoms with E-state index in [0.717, 1.165) is 63.2 Å². The van der Waals surface area contributed by atoms with E-state index in [2.05, 4.69) is 22.5 Å². The van der Waals surface area contributed by atoms with E-state index in [1.165, 1.54) is 6.42 Å². The Morgan fingerprint density at radius 1 is 1.18 bits per heavy atom. The van der Waals surface area contributed by atoms with Gasteiger partial charge in [0.15, 0.2) is 0 Å². The van der Waals surface area contributed by atoms with Crippen LogP contribution in [-0.2, 0) is 0 Å². The van der Waals surface area contributed by atoms with Crippen LogP contribution in [0.2, 0.25) is 0 Å². The van der Waals surface area contributed by atoms with Crippen molar-refractivity contribution in [1.29, 1.82) is 0 Å². The largest absolute Gasteiger partial charge is 0.356 e. The van der Waals surface area contributed by atoms with E-state index >= 15 is 0 Å². The third kappa shape index (κ3) is 3.16. The van der Waals surface area contributed by atoms with E-state index in [-0.39, 0.29) is 5.91 Å². The summed E-state index contributed by atoms with van der Waals surface area (Å²) in [5, 5.41) is 0. The molecule has 0 spiro atoms. The minimum Gasteiger partial charge on any atom is -0.356 e. The summed E-state index contributed by atoms with van der Waals surface area (Å²) in [6.07, 6.45) is 9.50. The Balaban J connectivity index is 1.77. The molecule has 0 unspecified atom stereocenters. The summed E-state index contributed by atoms with van der Waals surface area (Å²) < 4.78 is 0. The zero-order valence-electron chi connectivity index (χ0n) is 13.2. The zero-order valence-corrected chi connectivity index (χ0v) is 13.2. The van der Waals surface area contributed by atoms with Gasteiger partial charge in [0.05, 0.1) is 5.56 Å². The van der Waals surface area contributed by atoms with Gasteiger partial charge in [0.1, 0.15) is 5.82 Å². The average molecular weight is 299 g/mol. The molecule has 0 bridgehead atoms. The average Bonchev–Trinajstić information content (AvgIpc) is 2.62. The van der Waals surface area contributed by atoms with E-state index in [1.807, 2.05) is 17.0 Å². The van der Waals surface area contributed by atoms with Gasteiger partial charge in [-0.05, 0) is 50.2 Å². The molecule has 2 fully saturated rings. The topological polar surface area (TPSA) is 36.4 Å². The molecule has 22 heavy (non-hydrogen) atoms. The second kappa shape index (κ2) is 6.95. The van der Waals surface area contributed by atoms with Gasteiger partial charge in [-0.3, -0.25) is 4.79 Å². The molecule has 4 heteroatoms. The van der Waals surface area contributed by atoms with Crippen molar-refractivity contribution in [2.45, 2.75) is 32.1 Å². The molecule has 0 N–H and O–H groups in total. The molecule has 0 radical (unpaired) electrons. The van der Waals surface area contributed by atoms with E-state index < -0.39 is 0 Å². The smallest absolute Gasteiger partial charge is 0.257 e. The van der Waals surface area contributed by atoms with Gasteiger partial charge in [-0.25, -0.2) is 4.98 Å². The quantitative estimate of drug-likeness (QED) is 0.805. The number of pyridine rings is 1. The highest BCUT2D eigenvalue weighted by Gasteiger charge is 2.25. The first kappa shape index (κ1) is 15.1. The number of allylic oxidation sites excluding steroid dienone is 1. The number of carbonyl (C=O) groups is 1. The van der Waals surface area contributed by atoms with Gasteiger partial charge < -0.3 is 9.80 Å². The Hall–Kier alpha value is -1.84. The number of rotatable bonds is 3.